The second-order valence-corrected chi connectivity index (χ2v) is 7.15. The highest BCUT2D eigenvalue weighted by Crippen LogP contribution is 2.33. The molecule has 0 spiro atoms. The normalized spacial score (nSPS) is 22.5. The smallest absolute Gasteiger partial charge is 0.317 e. The van der Waals surface area contributed by atoms with Gasteiger partial charge >= 0.3 is 5.97 Å². The standard InChI is InChI=1S/C17H24N4O4/c1-20-8-11(16(18)24)4-14(20)17(25)19-12-5-13(6-12)21(9-15(22)23)7-10-2-3-10/h4,8,10,12-13H,2-3,5-7,9H2,1H3,(H2,18,24)(H,19,25)(H,22,23). The van der Waals surface area contributed by atoms with Crippen LogP contribution in [0.1, 0.15) is 46.5 Å². The van der Waals surface area contributed by atoms with Crippen molar-refractivity contribution in [1.82, 2.24) is 14.8 Å². The minimum absolute atomic E-state index is 0.0277. The van der Waals surface area contributed by atoms with E-state index < -0.39 is 11.9 Å². The highest BCUT2D eigenvalue weighted by molar-refractivity contribution is 5.98. The van der Waals surface area contributed by atoms with Crippen LogP contribution in [0.4, 0.5) is 0 Å². The summed E-state index contributed by atoms with van der Waals surface area (Å²) < 4.78 is 1.58. The van der Waals surface area contributed by atoms with Gasteiger partial charge in [0.15, 0.2) is 0 Å². The SMILES string of the molecule is Cn1cc(C(N)=O)cc1C(=O)NC1CC(N(CC(=O)O)CC2CC2)C1. The van der Waals surface area contributed by atoms with E-state index in [1.54, 1.807) is 11.6 Å². The second-order valence-electron chi connectivity index (χ2n) is 7.15. The Bertz CT molecular complexity index is 689. The van der Waals surface area contributed by atoms with Crippen molar-refractivity contribution in [3.63, 3.8) is 0 Å². The fourth-order valence-corrected chi connectivity index (χ4v) is 3.34. The predicted octanol–water partition coefficient (Wildman–Crippen LogP) is 0.181. The van der Waals surface area contributed by atoms with Gasteiger partial charge in [-0.15, -0.1) is 0 Å². The number of nitrogens with two attached hydrogens (primary N) is 1. The Morgan fingerprint density at radius 3 is 2.56 bits per heavy atom. The molecule has 0 aliphatic heterocycles. The van der Waals surface area contributed by atoms with Crippen LogP contribution in [-0.2, 0) is 11.8 Å². The van der Waals surface area contributed by atoms with Gasteiger partial charge in [-0.05, 0) is 37.7 Å². The summed E-state index contributed by atoms with van der Waals surface area (Å²) in [5.41, 5.74) is 5.92. The Balaban J connectivity index is 1.52. The van der Waals surface area contributed by atoms with Crippen molar-refractivity contribution in [2.24, 2.45) is 18.7 Å². The van der Waals surface area contributed by atoms with E-state index in [2.05, 4.69) is 5.32 Å². The number of hydrogen-bond acceptors (Lipinski definition) is 4. The summed E-state index contributed by atoms with van der Waals surface area (Å²) >= 11 is 0. The van der Waals surface area contributed by atoms with Crippen molar-refractivity contribution in [3.8, 4) is 0 Å². The molecule has 0 radical (unpaired) electrons. The Morgan fingerprint density at radius 2 is 2.04 bits per heavy atom. The molecule has 0 aromatic carbocycles. The van der Waals surface area contributed by atoms with Gasteiger partial charge in [-0.3, -0.25) is 19.3 Å². The number of rotatable bonds is 8. The van der Waals surface area contributed by atoms with Gasteiger partial charge in [0.05, 0.1) is 12.1 Å². The molecule has 0 saturated heterocycles. The summed E-state index contributed by atoms with van der Waals surface area (Å²) in [4.78, 5) is 36.6. The third kappa shape index (κ3) is 4.19. The molecule has 4 N–H and O–H groups in total. The molecule has 8 nitrogen and oxygen atoms in total. The highest BCUT2D eigenvalue weighted by Gasteiger charge is 2.38. The average molecular weight is 348 g/mol. The predicted molar refractivity (Wildman–Crippen MR) is 90.1 cm³/mol. The first-order valence-corrected chi connectivity index (χ1v) is 8.56. The van der Waals surface area contributed by atoms with E-state index in [0.29, 0.717) is 17.2 Å². The Morgan fingerprint density at radius 1 is 1.36 bits per heavy atom. The van der Waals surface area contributed by atoms with Crippen LogP contribution in [0, 0.1) is 5.92 Å². The summed E-state index contributed by atoms with van der Waals surface area (Å²) in [6.07, 6.45) is 5.39. The van der Waals surface area contributed by atoms with Crippen LogP contribution in [0.25, 0.3) is 0 Å². The minimum atomic E-state index is -0.809. The van der Waals surface area contributed by atoms with Crippen molar-refractivity contribution in [1.29, 1.82) is 0 Å². The molecule has 0 bridgehead atoms. The van der Waals surface area contributed by atoms with E-state index >= 15 is 0 Å². The van der Waals surface area contributed by atoms with Gasteiger partial charge in [0.2, 0.25) is 5.91 Å². The fourth-order valence-electron chi connectivity index (χ4n) is 3.34. The molecule has 0 atom stereocenters. The number of aryl methyl sites for hydroxylation is 1. The van der Waals surface area contributed by atoms with Crippen LogP contribution < -0.4 is 11.1 Å². The number of hydrogen-bond donors (Lipinski definition) is 3. The number of nitrogens with zero attached hydrogens (tertiary/aromatic N) is 2. The molecule has 1 aromatic rings. The lowest BCUT2D eigenvalue weighted by Crippen LogP contribution is -2.55. The topological polar surface area (TPSA) is 118 Å². The average Bonchev–Trinajstić information content (AvgIpc) is 3.20. The molecule has 25 heavy (non-hydrogen) atoms. The summed E-state index contributed by atoms with van der Waals surface area (Å²) in [5, 5.41) is 12.0. The highest BCUT2D eigenvalue weighted by atomic mass is 16.4. The lowest BCUT2D eigenvalue weighted by Gasteiger charge is -2.42. The largest absolute Gasteiger partial charge is 0.480 e. The van der Waals surface area contributed by atoms with Crippen molar-refractivity contribution >= 4 is 17.8 Å². The first kappa shape index (κ1) is 17.5. The molecule has 1 heterocycles. The van der Waals surface area contributed by atoms with Crippen molar-refractivity contribution in [2.45, 2.75) is 37.8 Å². The van der Waals surface area contributed by atoms with E-state index in [1.165, 1.54) is 25.1 Å². The van der Waals surface area contributed by atoms with Gasteiger partial charge < -0.3 is 20.7 Å². The summed E-state index contributed by atoms with van der Waals surface area (Å²) in [6.45, 7) is 0.888. The molecule has 3 rings (SSSR count). The van der Waals surface area contributed by atoms with Crippen LogP contribution in [0.15, 0.2) is 12.3 Å². The Kier molecular flexibility index (Phi) is 4.80. The maximum Gasteiger partial charge on any atom is 0.317 e. The molecule has 8 heteroatoms. The Labute approximate surface area is 146 Å². The molecule has 1 aromatic heterocycles. The molecule has 136 valence electrons. The summed E-state index contributed by atoms with van der Waals surface area (Å²) in [7, 11) is 1.69. The summed E-state index contributed by atoms with van der Waals surface area (Å²) in [5.74, 6) is -0.993. The van der Waals surface area contributed by atoms with E-state index in [0.717, 1.165) is 19.4 Å². The number of carboxylic acids is 1. The lowest BCUT2D eigenvalue weighted by molar-refractivity contribution is -0.139. The molecular formula is C17H24N4O4. The molecule has 2 amide bonds. The van der Waals surface area contributed by atoms with E-state index in [1.807, 2.05) is 4.90 Å². The quantitative estimate of drug-likeness (QED) is 0.619. The van der Waals surface area contributed by atoms with Gasteiger partial charge in [0.1, 0.15) is 5.69 Å². The zero-order valence-electron chi connectivity index (χ0n) is 14.3. The number of aromatic nitrogens is 1. The first-order chi connectivity index (χ1) is 11.8. The van der Waals surface area contributed by atoms with Crippen LogP contribution >= 0.6 is 0 Å². The minimum Gasteiger partial charge on any atom is -0.480 e. The van der Waals surface area contributed by atoms with Crippen LogP contribution in [0.3, 0.4) is 0 Å². The van der Waals surface area contributed by atoms with Gasteiger partial charge in [0, 0.05) is 31.9 Å². The van der Waals surface area contributed by atoms with Gasteiger partial charge in [-0.1, -0.05) is 0 Å². The molecule has 2 fully saturated rings. The third-order valence-electron chi connectivity index (χ3n) is 5.01. The number of primary amides is 1. The molecule has 2 aliphatic carbocycles. The van der Waals surface area contributed by atoms with Crippen LogP contribution in [0.5, 0.6) is 0 Å². The van der Waals surface area contributed by atoms with E-state index in [4.69, 9.17) is 10.8 Å². The van der Waals surface area contributed by atoms with Crippen LogP contribution in [0.2, 0.25) is 0 Å². The van der Waals surface area contributed by atoms with E-state index in [9.17, 15) is 14.4 Å². The van der Waals surface area contributed by atoms with Crippen molar-refractivity contribution in [3.05, 3.63) is 23.5 Å². The molecule has 0 unspecified atom stereocenters. The van der Waals surface area contributed by atoms with Crippen molar-refractivity contribution < 1.29 is 19.5 Å². The zero-order valence-corrected chi connectivity index (χ0v) is 14.3. The van der Waals surface area contributed by atoms with Crippen molar-refractivity contribution in [2.75, 3.05) is 13.1 Å². The lowest BCUT2D eigenvalue weighted by atomic mass is 9.85. The fraction of sp³-hybridized carbons (Fsp3) is 0.588. The number of amides is 2. The van der Waals surface area contributed by atoms with Gasteiger partial charge in [-0.25, -0.2) is 0 Å². The Hall–Kier alpha value is -2.35. The monoisotopic (exact) mass is 348 g/mol. The first-order valence-electron chi connectivity index (χ1n) is 8.56. The number of nitrogens with one attached hydrogen (secondary N) is 1. The number of carbonyl (C=O) groups excluding carboxylic acids is 2. The molecule has 2 saturated carbocycles. The van der Waals surface area contributed by atoms with Crippen LogP contribution in [-0.4, -0.2) is 57.5 Å². The number of carboxylic acid groups (broad SMARTS) is 1. The summed E-state index contributed by atoms with van der Waals surface area (Å²) in [6, 6.07) is 1.72. The van der Waals surface area contributed by atoms with Gasteiger partial charge in [-0.2, -0.15) is 0 Å². The van der Waals surface area contributed by atoms with E-state index in [-0.39, 0.29) is 24.5 Å². The molecular weight excluding hydrogens is 324 g/mol. The number of aliphatic carboxylic acids is 1. The number of carbonyl (C=O) groups is 3. The maximum absolute atomic E-state index is 12.4. The maximum atomic E-state index is 12.4. The molecule has 2 aliphatic rings. The second kappa shape index (κ2) is 6.87. The van der Waals surface area contributed by atoms with Gasteiger partial charge in [0.25, 0.3) is 5.91 Å². The zero-order chi connectivity index (χ0) is 18.1. The third-order valence-corrected chi connectivity index (χ3v) is 5.01.